The molecule has 2 aromatic heterocycles. The molecule has 0 bridgehead atoms. The minimum absolute atomic E-state index is 0.206. The summed E-state index contributed by atoms with van der Waals surface area (Å²) in [5, 5.41) is 5.52. The van der Waals surface area contributed by atoms with E-state index in [0.717, 1.165) is 47.5 Å². The van der Waals surface area contributed by atoms with Gasteiger partial charge in [0.05, 0.1) is 11.9 Å². The van der Waals surface area contributed by atoms with Crippen LogP contribution in [0.4, 0.5) is 9.52 Å². The van der Waals surface area contributed by atoms with Crippen molar-refractivity contribution in [3.8, 4) is 11.3 Å². The number of aromatic nitrogens is 3. The molecule has 0 radical (unpaired) electrons. The maximum absolute atomic E-state index is 13.0. The van der Waals surface area contributed by atoms with Crippen molar-refractivity contribution in [1.82, 2.24) is 19.5 Å². The van der Waals surface area contributed by atoms with Gasteiger partial charge in [-0.1, -0.05) is 18.3 Å². The number of rotatable bonds is 3. The number of carbonyl (C=O) groups is 1. The van der Waals surface area contributed by atoms with Gasteiger partial charge in [-0.3, -0.25) is 4.79 Å². The molecule has 1 aliphatic heterocycles. The van der Waals surface area contributed by atoms with E-state index in [4.69, 9.17) is 0 Å². The van der Waals surface area contributed by atoms with Crippen molar-refractivity contribution in [1.29, 1.82) is 0 Å². The summed E-state index contributed by atoms with van der Waals surface area (Å²) >= 11 is 1.53. The predicted octanol–water partition coefficient (Wildman–Crippen LogP) is 2.66. The van der Waals surface area contributed by atoms with Gasteiger partial charge in [-0.25, -0.2) is 13.9 Å². The van der Waals surface area contributed by atoms with E-state index in [0.29, 0.717) is 6.42 Å². The minimum Gasteiger partial charge on any atom is -0.343 e. The largest absolute Gasteiger partial charge is 0.343 e. The van der Waals surface area contributed by atoms with E-state index in [9.17, 15) is 9.18 Å². The van der Waals surface area contributed by atoms with Gasteiger partial charge in [-0.15, -0.1) is 5.10 Å². The van der Waals surface area contributed by atoms with Crippen LogP contribution in [0.1, 0.15) is 13.3 Å². The van der Waals surface area contributed by atoms with Crippen molar-refractivity contribution in [2.45, 2.75) is 13.3 Å². The summed E-state index contributed by atoms with van der Waals surface area (Å²) in [7, 11) is 0. The Labute approximate surface area is 148 Å². The molecule has 0 unspecified atom stereocenters. The van der Waals surface area contributed by atoms with Crippen molar-refractivity contribution in [2.75, 3.05) is 31.1 Å². The number of carbonyl (C=O) groups excluding carboxylic acids is 1. The van der Waals surface area contributed by atoms with Crippen molar-refractivity contribution >= 4 is 27.3 Å². The normalized spacial score (nSPS) is 15.1. The van der Waals surface area contributed by atoms with E-state index in [1.807, 2.05) is 18.0 Å². The van der Waals surface area contributed by atoms with Crippen LogP contribution in [-0.4, -0.2) is 51.6 Å². The molecule has 3 heterocycles. The van der Waals surface area contributed by atoms with Crippen LogP contribution in [0, 0.1) is 5.82 Å². The maximum Gasteiger partial charge on any atom is 0.222 e. The van der Waals surface area contributed by atoms with E-state index < -0.39 is 0 Å². The van der Waals surface area contributed by atoms with E-state index in [2.05, 4.69) is 15.0 Å². The number of imidazole rings is 1. The number of piperazine rings is 1. The number of amides is 1. The summed E-state index contributed by atoms with van der Waals surface area (Å²) in [5.74, 6) is -0.0524. The first-order valence-corrected chi connectivity index (χ1v) is 9.10. The van der Waals surface area contributed by atoms with Gasteiger partial charge in [-0.05, 0) is 24.3 Å². The van der Waals surface area contributed by atoms with Gasteiger partial charge in [0.15, 0.2) is 0 Å². The molecule has 0 aliphatic carbocycles. The fraction of sp³-hybridized carbons (Fsp3) is 0.353. The third-order valence-corrected chi connectivity index (χ3v) is 5.36. The van der Waals surface area contributed by atoms with Crippen LogP contribution in [0.15, 0.2) is 30.5 Å². The highest BCUT2D eigenvalue weighted by molar-refractivity contribution is 7.20. The lowest BCUT2D eigenvalue weighted by Gasteiger charge is -2.34. The van der Waals surface area contributed by atoms with Crippen LogP contribution in [0.5, 0.6) is 0 Å². The first-order chi connectivity index (χ1) is 12.1. The fourth-order valence-electron chi connectivity index (χ4n) is 2.95. The zero-order valence-electron chi connectivity index (χ0n) is 13.9. The first-order valence-electron chi connectivity index (χ1n) is 8.29. The SMILES string of the molecule is CCC(=O)N1CCN(c2nn3cc(-c4ccc(F)cc4)nc3s2)CC1. The van der Waals surface area contributed by atoms with Crippen molar-refractivity contribution < 1.29 is 9.18 Å². The average molecular weight is 359 g/mol. The summed E-state index contributed by atoms with van der Waals surface area (Å²) in [4.78, 5) is 21.3. The second-order valence-corrected chi connectivity index (χ2v) is 6.90. The molecule has 1 aromatic carbocycles. The molecule has 8 heteroatoms. The van der Waals surface area contributed by atoms with Gasteiger partial charge in [0.2, 0.25) is 16.0 Å². The zero-order valence-corrected chi connectivity index (χ0v) is 14.7. The molecule has 130 valence electrons. The summed E-state index contributed by atoms with van der Waals surface area (Å²) in [5.41, 5.74) is 1.65. The Kier molecular flexibility index (Phi) is 4.12. The maximum atomic E-state index is 13.0. The minimum atomic E-state index is -0.258. The Hall–Kier alpha value is -2.48. The number of hydrogen-bond acceptors (Lipinski definition) is 5. The van der Waals surface area contributed by atoms with E-state index in [1.54, 1.807) is 16.6 Å². The van der Waals surface area contributed by atoms with E-state index in [1.165, 1.54) is 23.5 Å². The van der Waals surface area contributed by atoms with E-state index in [-0.39, 0.29) is 11.7 Å². The molecule has 4 rings (SSSR count). The van der Waals surface area contributed by atoms with Crippen LogP contribution in [0.25, 0.3) is 16.2 Å². The lowest BCUT2D eigenvalue weighted by molar-refractivity contribution is -0.131. The third-order valence-electron chi connectivity index (χ3n) is 4.38. The Morgan fingerprint density at radius 2 is 1.92 bits per heavy atom. The van der Waals surface area contributed by atoms with Gasteiger partial charge >= 0.3 is 0 Å². The molecule has 0 spiro atoms. The summed E-state index contributed by atoms with van der Waals surface area (Å²) in [6.07, 6.45) is 2.41. The number of benzene rings is 1. The van der Waals surface area contributed by atoms with Gasteiger partial charge in [0, 0.05) is 38.2 Å². The Bertz CT molecular complexity index is 864. The smallest absolute Gasteiger partial charge is 0.222 e. The van der Waals surface area contributed by atoms with Gasteiger partial charge in [0.1, 0.15) is 5.82 Å². The molecule has 1 saturated heterocycles. The quantitative estimate of drug-likeness (QED) is 0.721. The molecule has 1 amide bonds. The summed E-state index contributed by atoms with van der Waals surface area (Å²) in [6, 6.07) is 6.29. The third kappa shape index (κ3) is 3.09. The number of hydrogen-bond donors (Lipinski definition) is 0. The highest BCUT2D eigenvalue weighted by atomic mass is 32.1. The second kappa shape index (κ2) is 6.44. The topological polar surface area (TPSA) is 53.7 Å². The first kappa shape index (κ1) is 16.0. The molecule has 25 heavy (non-hydrogen) atoms. The van der Waals surface area contributed by atoms with Gasteiger partial charge < -0.3 is 9.80 Å². The zero-order chi connectivity index (χ0) is 17.4. The van der Waals surface area contributed by atoms with Crippen LogP contribution >= 0.6 is 11.3 Å². The van der Waals surface area contributed by atoms with Crippen molar-refractivity contribution in [2.24, 2.45) is 0 Å². The molecular formula is C17H18FN5OS. The van der Waals surface area contributed by atoms with Crippen molar-refractivity contribution in [3.63, 3.8) is 0 Å². The lowest BCUT2D eigenvalue weighted by atomic mass is 10.2. The molecule has 0 atom stereocenters. The van der Waals surface area contributed by atoms with Gasteiger partial charge in [-0.2, -0.15) is 0 Å². The highest BCUT2D eigenvalue weighted by Gasteiger charge is 2.22. The molecule has 6 nitrogen and oxygen atoms in total. The number of halogens is 1. The second-order valence-electron chi connectivity index (χ2n) is 5.97. The number of fused-ring (bicyclic) bond motifs is 1. The lowest BCUT2D eigenvalue weighted by Crippen LogP contribution is -2.48. The average Bonchev–Trinajstić information content (AvgIpc) is 3.21. The Morgan fingerprint density at radius 3 is 2.56 bits per heavy atom. The molecule has 3 aromatic rings. The molecule has 0 saturated carbocycles. The van der Waals surface area contributed by atoms with Crippen LogP contribution < -0.4 is 4.90 Å². The standard InChI is InChI=1S/C17H18FN5OS/c1-2-15(24)21-7-9-22(10-8-21)17-20-23-11-14(19-16(23)25-17)12-3-5-13(18)6-4-12/h3-6,11H,2,7-10H2,1H3. The molecule has 1 fully saturated rings. The van der Waals surface area contributed by atoms with E-state index >= 15 is 0 Å². The fourth-order valence-corrected chi connectivity index (χ4v) is 3.88. The van der Waals surface area contributed by atoms with Crippen LogP contribution in [0.2, 0.25) is 0 Å². The van der Waals surface area contributed by atoms with Gasteiger partial charge in [0.25, 0.3) is 0 Å². The predicted molar refractivity (Wildman–Crippen MR) is 95.3 cm³/mol. The van der Waals surface area contributed by atoms with Crippen LogP contribution in [0.3, 0.4) is 0 Å². The molecular weight excluding hydrogens is 341 g/mol. The summed E-state index contributed by atoms with van der Waals surface area (Å²) < 4.78 is 14.8. The Balaban J connectivity index is 1.50. The Morgan fingerprint density at radius 1 is 1.20 bits per heavy atom. The number of nitrogens with zero attached hydrogens (tertiary/aromatic N) is 5. The van der Waals surface area contributed by atoms with Crippen molar-refractivity contribution in [3.05, 3.63) is 36.3 Å². The molecule has 1 aliphatic rings. The summed E-state index contributed by atoms with van der Waals surface area (Å²) in [6.45, 7) is 4.93. The highest BCUT2D eigenvalue weighted by Crippen LogP contribution is 2.27. The monoisotopic (exact) mass is 359 g/mol. The molecule has 0 N–H and O–H groups in total. The number of anilines is 1. The van der Waals surface area contributed by atoms with Crippen LogP contribution in [-0.2, 0) is 4.79 Å².